The Bertz CT molecular complexity index is 475. The fraction of sp³-hybridized carbons (Fsp3) is 0.636. The Balaban J connectivity index is 1.64. The third-order valence-corrected chi connectivity index (χ3v) is 4.45. The van der Waals surface area contributed by atoms with Gasteiger partial charge in [-0.3, -0.25) is 9.59 Å². The average molecular weight is 315 g/mol. The molecule has 0 saturated heterocycles. The maximum absolute atomic E-state index is 11.5. The summed E-state index contributed by atoms with van der Waals surface area (Å²) in [7, 11) is 0. The number of aromatic nitrogens is 2. The van der Waals surface area contributed by atoms with Crippen LogP contribution in [0, 0.1) is 0 Å². The molecule has 0 radical (unpaired) electrons. The van der Waals surface area contributed by atoms with Gasteiger partial charge in [0.05, 0.1) is 12.3 Å². The molecule has 1 aromatic heterocycles. The highest BCUT2D eigenvalue weighted by Gasteiger charge is 2.22. The highest BCUT2D eigenvalue weighted by atomic mass is 32.2. The van der Waals surface area contributed by atoms with Crippen LogP contribution in [0.15, 0.2) is 4.34 Å². The first-order valence-electron chi connectivity index (χ1n) is 6.43. The van der Waals surface area contributed by atoms with Crippen molar-refractivity contribution in [3.63, 3.8) is 0 Å². The molecule has 0 aliphatic heterocycles. The number of carbonyl (C=O) groups is 2. The van der Waals surface area contributed by atoms with Crippen LogP contribution in [-0.4, -0.2) is 46.9 Å². The van der Waals surface area contributed by atoms with E-state index >= 15 is 0 Å². The Morgan fingerprint density at radius 3 is 2.80 bits per heavy atom. The number of hydrogen-bond donors (Lipinski definition) is 3. The molecular weight excluding hydrogens is 298 g/mol. The number of thioether (sulfide) groups is 1. The van der Waals surface area contributed by atoms with E-state index < -0.39 is 0 Å². The van der Waals surface area contributed by atoms with Gasteiger partial charge in [-0.1, -0.05) is 23.1 Å². The van der Waals surface area contributed by atoms with Gasteiger partial charge in [0.15, 0.2) is 4.34 Å². The molecule has 3 N–H and O–H groups in total. The van der Waals surface area contributed by atoms with Crippen molar-refractivity contribution >= 4 is 40.0 Å². The molecular formula is C11H17N5O2S2. The molecule has 7 nitrogen and oxygen atoms in total. The van der Waals surface area contributed by atoms with Crippen molar-refractivity contribution in [1.29, 1.82) is 0 Å². The molecule has 1 aliphatic rings. The number of amides is 2. The van der Waals surface area contributed by atoms with E-state index in [-0.39, 0.29) is 24.1 Å². The van der Waals surface area contributed by atoms with Crippen LogP contribution >= 0.6 is 23.1 Å². The predicted octanol–water partition coefficient (Wildman–Crippen LogP) is 0.457. The molecule has 20 heavy (non-hydrogen) atoms. The Labute approximate surface area is 125 Å². The van der Waals surface area contributed by atoms with Gasteiger partial charge in [-0.2, -0.15) is 0 Å². The zero-order valence-electron chi connectivity index (χ0n) is 11.1. The van der Waals surface area contributed by atoms with Gasteiger partial charge in [0.2, 0.25) is 16.9 Å². The standard InChI is InChI=1S/C11H17N5O2S2/c1-2-12-8(17)5-13-9(18)6-19-11-16-15-10(20-11)14-7-3-4-7/h7H,2-6H2,1H3,(H,12,17)(H,13,18)(H,14,15). The predicted molar refractivity (Wildman–Crippen MR) is 79.0 cm³/mol. The molecule has 9 heteroatoms. The fourth-order valence-corrected chi connectivity index (χ4v) is 3.00. The first-order chi connectivity index (χ1) is 9.67. The van der Waals surface area contributed by atoms with Crippen molar-refractivity contribution in [3.05, 3.63) is 0 Å². The van der Waals surface area contributed by atoms with Crippen molar-refractivity contribution in [2.24, 2.45) is 0 Å². The van der Waals surface area contributed by atoms with Crippen LogP contribution in [0.4, 0.5) is 5.13 Å². The SMILES string of the molecule is CCNC(=O)CNC(=O)CSc1nnc(NC2CC2)s1. The largest absolute Gasteiger partial charge is 0.357 e. The van der Waals surface area contributed by atoms with E-state index in [2.05, 4.69) is 26.1 Å². The molecule has 110 valence electrons. The van der Waals surface area contributed by atoms with Crippen LogP contribution in [0.25, 0.3) is 0 Å². The molecule has 1 heterocycles. The summed E-state index contributed by atoms with van der Waals surface area (Å²) in [5, 5.41) is 17.2. The molecule has 0 unspecified atom stereocenters. The van der Waals surface area contributed by atoms with Crippen molar-refractivity contribution in [2.45, 2.75) is 30.1 Å². The van der Waals surface area contributed by atoms with E-state index in [1.54, 1.807) is 0 Å². The van der Waals surface area contributed by atoms with Crippen molar-refractivity contribution < 1.29 is 9.59 Å². The Kier molecular flexibility index (Phi) is 5.60. The lowest BCUT2D eigenvalue weighted by atomic mass is 10.5. The van der Waals surface area contributed by atoms with Gasteiger partial charge in [-0.15, -0.1) is 10.2 Å². The minimum absolute atomic E-state index is 0.0117. The molecule has 0 bridgehead atoms. The molecule has 0 atom stereocenters. The summed E-state index contributed by atoms with van der Waals surface area (Å²) >= 11 is 2.77. The maximum atomic E-state index is 11.5. The van der Waals surface area contributed by atoms with E-state index in [1.807, 2.05) is 6.92 Å². The summed E-state index contributed by atoms with van der Waals surface area (Å²) < 4.78 is 0.751. The lowest BCUT2D eigenvalue weighted by Crippen LogP contribution is -2.37. The molecule has 2 rings (SSSR count). The highest BCUT2D eigenvalue weighted by molar-refractivity contribution is 8.01. The first kappa shape index (κ1) is 15.0. The van der Waals surface area contributed by atoms with Crippen molar-refractivity contribution in [3.8, 4) is 0 Å². The van der Waals surface area contributed by atoms with Gasteiger partial charge in [-0.05, 0) is 19.8 Å². The minimum Gasteiger partial charge on any atom is -0.357 e. The highest BCUT2D eigenvalue weighted by Crippen LogP contribution is 2.29. The van der Waals surface area contributed by atoms with Crippen LogP contribution in [0.3, 0.4) is 0 Å². The number of rotatable bonds is 8. The number of anilines is 1. The Hall–Kier alpha value is -1.35. The third kappa shape index (κ3) is 5.33. The minimum atomic E-state index is -0.187. The maximum Gasteiger partial charge on any atom is 0.239 e. The van der Waals surface area contributed by atoms with Gasteiger partial charge in [0.25, 0.3) is 0 Å². The first-order valence-corrected chi connectivity index (χ1v) is 8.24. The monoisotopic (exact) mass is 315 g/mol. The second kappa shape index (κ2) is 7.44. The summed E-state index contributed by atoms with van der Waals surface area (Å²) in [5.41, 5.74) is 0. The zero-order chi connectivity index (χ0) is 14.4. The fourth-order valence-electron chi connectivity index (χ4n) is 1.35. The van der Waals surface area contributed by atoms with Crippen LogP contribution in [0.2, 0.25) is 0 Å². The number of nitrogens with zero attached hydrogens (tertiary/aromatic N) is 2. The molecule has 1 fully saturated rings. The van der Waals surface area contributed by atoms with Crippen molar-refractivity contribution in [1.82, 2.24) is 20.8 Å². The van der Waals surface area contributed by atoms with E-state index in [0.29, 0.717) is 12.6 Å². The summed E-state index contributed by atoms with van der Waals surface area (Å²) in [6.07, 6.45) is 2.37. The summed E-state index contributed by atoms with van der Waals surface area (Å²) in [5.74, 6) is -0.136. The average Bonchev–Trinajstić information content (AvgIpc) is 3.12. The van der Waals surface area contributed by atoms with Gasteiger partial charge >= 0.3 is 0 Å². The van der Waals surface area contributed by atoms with Crippen LogP contribution in [0.1, 0.15) is 19.8 Å². The molecule has 0 aromatic carbocycles. The number of hydrogen-bond acceptors (Lipinski definition) is 7. The molecule has 0 spiro atoms. The van der Waals surface area contributed by atoms with Gasteiger partial charge in [0.1, 0.15) is 0 Å². The van der Waals surface area contributed by atoms with E-state index in [0.717, 1.165) is 9.47 Å². The van der Waals surface area contributed by atoms with Crippen LogP contribution < -0.4 is 16.0 Å². The van der Waals surface area contributed by atoms with Crippen LogP contribution in [0.5, 0.6) is 0 Å². The van der Waals surface area contributed by atoms with Gasteiger partial charge < -0.3 is 16.0 Å². The number of carbonyl (C=O) groups excluding carboxylic acids is 2. The molecule has 1 aliphatic carbocycles. The normalized spacial score (nSPS) is 13.8. The smallest absolute Gasteiger partial charge is 0.239 e. The number of nitrogens with one attached hydrogen (secondary N) is 3. The quantitative estimate of drug-likeness (QED) is 0.603. The third-order valence-electron chi connectivity index (χ3n) is 2.46. The molecule has 2 amide bonds. The second-order valence-electron chi connectivity index (χ2n) is 4.31. The van der Waals surface area contributed by atoms with Crippen LogP contribution in [-0.2, 0) is 9.59 Å². The van der Waals surface area contributed by atoms with Crippen molar-refractivity contribution in [2.75, 3.05) is 24.2 Å². The molecule has 1 saturated carbocycles. The summed E-state index contributed by atoms with van der Waals surface area (Å²) in [6.45, 7) is 2.40. The van der Waals surface area contributed by atoms with E-state index in [1.165, 1.54) is 35.9 Å². The van der Waals surface area contributed by atoms with Gasteiger partial charge in [-0.25, -0.2) is 0 Å². The Morgan fingerprint density at radius 1 is 1.30 bits per heavy atom. The van der Waals surface area contributed by atoms with E-state index in [9.17, 15) is 9.59 Å². The number of likely N-dealkylation sites (N-methyl/N-ethyl adjacent to an activating group) is 1. The van der Waals surface area contributed by atoms with Gasteiger partial charge in [0, 0.05) is 12.6 Å². The Morgan fingerprint density at radius 2 is 2.10 bits per heavy atom. The lowest BCUT2D eigenvalue weighted by molar-refractivity contribution is -0.124. The molecule has 1 aromatic rings. The summed E-state index contributed by atoms with van der Waals surface area (Å²) in [6, 6.07) is 0.543. The summed E-state index contributed by atoms with van der Waals surface area (Å²) in [4.78, 5) is 22.7. The second-order valence-corrected chi connectivity index (χ2v) is 6.51. The zero-order valence-corrected chi connectivity index (χ0v) is 12.8. The topological polar surface area (TPSA) is 96.0 Å². The van der Waals surface area contributed by atoms with E-state index in [4.69, 9.17) is 0 Å². The lowest BCUT2D eigenvalue weighted by Gasteiger charge is -2.03.